The molecule has 7 heteroatoms. The molecule has 146 valence electrons. The molecule has 0 bridgehead atoms. The normalized spacial score (nSPS) is 16.3. The van der Waals surface area contributed by atoms with Crippen molar-refractivity contribution >= 4 is 34.1 Å². The minimum Gasteiger partial charge on any atom is -0.357 e. The molecule has 1 aliphatic carbocycles. The van der Waals surface area contributed by atoms with Gasteiger partial charge in [0.15, 0.2) is 4.34 Å². The number of carbonyl (C=O) groups is 1. The van der Waals surface area contributed by atoms with Gasteiger partial charge in [-0.2, -0.15) is 0 Å². The van der Waals surface area contributed by atoms with Crippen LogP contribution in [-0.2, 0) is 4.79 Å². The van der Waals surface area contributed by atoms with Gasteiger partial charge in [0, 0.05) is 6.04 Å². The highest BCUT2D eigenvalue weighted by Gasteiger charge is 2.19. The maximum Gasteiger partial charge on any atom is 0.230 e. The fourth-order valence-electron chi connectivity index (χ4n) is 3.39. The van der Waals surface area contributed by atoms with Crippen molar-refractivity contribution in [2.24, 2.45) is 5.92 Å². The molecular formula is C20H28N4OS2. The topological polar surface area (TPSA) is 66.9 Å². The van der Waals surface area contributed by atoms with Crippen molar-refractivity contribution < 1.29 is 4.79 Å². The van der Waals surface area contributed by atoms with E-state index < -0.39 is 0 Å². The van der Waals surface area contributed by atoms with Gasteiger partial charge in [-0.05, 0) is 24.3 Å². The van der Waals surface area contributed by atoms with Gasteiger partial charge in [0.25, 0.3) is 0 Å². The standard InChI is InChI=1S/C20H28N4OS2/c1-14(2)18(15-9-5-3-6-10-15)22-17(25)13-26-20-24-23-19(27-20)21-16-11-7-4-8-12-16/h3,5-6,9-10,14,16,18H,4,7-8,11-13H2,1-2H3,(H,21,23)(H,22,25). The van der Waals surface area contributed by atoms with Crippen LogP contribution >= 0.6 is 23.1 Å². The molecule has 2 aromatic rings. The summed E-state index contributed by atoms with van der Waals surface area (Å²) in [6.07, 6.45) is 6.33. The number of hydrogen-bond acceptors (Lipinski definition) is 6. The predicted molar refractivity (Wildman–Crippen MR) is 113 cm³/mol. The van der Waals surface area contributed by atoms with Crippen LogP contribution in [-0.4, -0.2) is 27.9 Å². The summed E-state index contributed by atoms with van der Waals surface area (Å²) in [6.45, 7) is 4.25. The van der Waals surface area contributed by atoms with Crippen LogP contribution in [0.1, 0.15) is 57.6 Å². The number of nitrogens with zero attached hydrogens (tertiary/aromatic N) is 2. The zero-order chi connectivity index (χ0) is 19.1. The van der Waals surface area contributed by atoms with Gasteiger partial charge in [-0.1, -0.05) is 86.5 Å². The third kappa shape index (κ3) is 6.21. The summed E-state index contributed by atoms with van der Waals surface area (Å²) < 4.78 is 0.837. The predicted octanol–water partition coefficient (Wildman–Crippen LogP) is 4.89. The Morgan fingerprint density at radius 2 is 1.93 bits per heavy atom. The highest BCUT2D eigenvalue weighted by atomic mass is 32.2. The van der Waals surface area contributed by atoms with Crippen LogP contribution in [0.5, 0.6) is 0 Å². The molecule has 27 heavy (non-hydrogen) atoms. The number of benzene rings is 1. The van der Waals surface area contributed by atoms with Gasteiger partial charge >= 0.3 is 0 Å². The highest BCUT2D eigenvalue weighted by Crippen LogP contribution is 2.28. The minimum atomic E-state index is 0.0252. The average Bonchev–Trinajstić information content (AvgIpc) is 3.13. The van der Waals surface area contributed by atoms with E-state index in [9.17, 15) is 4.79 Å². The second kappa shape index (κ2) is 10.1. The molecule has 1 fully saturated rings. The zero-order valence-electron chi connectivity index (χ0n) is 16.0. The van der Waals surface area contributed by atoms with Crippen LogP contribution in [0.3, 0.4) is 0 Å². The van der Waals surface area contributed by atoms with Crippen LogP contribution < -0.4 is 10.6 Å². The van der Waals surface area contributed by atoms with Crippen molar-refractivity contribution in [2.75, 3.05) is 11.1 Å². The van der Waals surface area contributed by atoms with Gasteiger partial charge in [-0.3, -0.25) is 4.79 Å². The number of amides is 1. The second-order valence-corrected chi connectivity index (χ2v) is 9.54. The van der Waals surface area contributed by atoms with E-state index in [0.717, 1.165) is 15.0 Å². The van der Waals surface area contributed by atoms with Gasteiger partial charge in [-0.15, -0.1) is 10.2 Å². The van der Waals surface area contributed by atoms with E-state index in [1.54, 1.807) is 0 Å². The highest BCUT2D eigenvalue weighted by molar-refractivity contribution is 8.01. The Kier molecular flexibility index (Phi) is 7.52. The Morgan fingerprint density at radius 1 is 1.19 bits per heavy atom. The van der Waals surface area contributed by atoms with Crippen LogP contribution in [0.25, 0.3) is 0 Å². The van der Waals surface area contributed by atoms with Gasteiger partial charge in [0.05, 0.1) is 11.8 Å². The van der Waals surface area contributed by atoms with E-state index in [4.69, 9.17) is 0 Å². The Morgan fingerprint density at radius 3 is 2.63 bits per heavy atom. The maximum absolute atomic E-state index is 12.4. The molecule has 0 spiro atoms. The van der Waals surface area contributed by atoms with E-state index >= 15 is 0 Å². The number of carbonyl (C=O) groups excluding carboxylic acids is 1. The summed E-state index contributed by atoms with van der Waals surface area (Å²) in [4.78, 5) is 12.4. The first-order valence-electron chi connectivity index (χ1n) is 9.69. The molecule has 1 atom stereocenters. The van der Waals surface area contributed by atoms with Crippen molar-refractivity contribution in [2.45, 2.75) is 62.4 Å². The maximum atomic E-state index is 12.4. The Balaban J connectivity index is 1.48. The zero-order valence-corrected chi connectivity index (χ0v) is 17.6. The summed E-state index contributed by atoms with van der Waals surface area (Å²) >= 11 is 2.99. The molecule has 0 aliphatic heterocycles. The van der Waals surface area contributed by atoms with E-state index in [1.807, 2.05) is 18.2 Å². The molecule has 1 aliphatic rings. The minimum absolute atomic E-state index is 0.0252. The second-order valence-electron chi connectivity index (χ2n) is 7.34. The fraction of sp³-hybridized carbons (Fsp3) is 0.550. The van der Waals surface area contributed by atoms with Gasteiger partial charge in [0.1, 0.15) is 0 Å². The molecule has 1 aromatic heterocycles. The Labute approximate surface area is 169 Å². The number of nitrogens with one attached hydrogen (secondary N) is 2. The average molecular weight is 405 g/mol. The number of aromatic nitrogens is 2. The van der Waals surface area contributed by atoms with Crippen LogP contribution in [0.15, 0.2) is 34.7 Å². The lowest BCUT2D eigenvalue weighted by Crippen LogP contribution is -2.32. The number of hydrogen-bond donors (Lipinski definition) is 2. The quantitative estimate of drug-likeness (QED) is 0.613. The molecule has 2 N–H and O–H groups in total. The van der Waals surface area contributed by atoms with E-state index in [0.29, 0.717) is 17.7 Å². The third-order valence-electron chi connectivity index (χ3n) is 4.81. The summed E-state index contributed by atoms with van der Waals surface area (Å²) in [5, 5.41) is 16.0. The van der Waals surface area contributed by atoms with Gasteiger partial charge in [0.2, 0.25) is 11.0 Å². The molecular weight excluding hydrogens is 376 g/mol. The monoisotopic (exact) mass is 404 g/mol. The van der Waals surface area contributed by atoms with E-state index in [-0.39, 0.29) is 11.9 Å². The SMILES string of the molecule is CC(C)C(NC(=O)CSc1nnc(NC2CCCCC2)s1)c1ccccc1. The van der Waals surface area contributed by atoms with E-state index in [2.05, 4.69) is 46.8 Å². The van der Waals surface area contributed by atoms with Crippen LogP contribution in [0.4, 0.5) is 5.13 Å². The molecule has 1 saturated carbocycles. The summed E-state index contributed by atoms with van der Waals surface area (Å²) in [5.41, 5.74) is 1.14. The third-order valence-corrected chi connectivity index (χ3v) is 6.80. The largest absolute Gasteiger partial charge is 0.357 e. The molecule has 5 nitrogen and oxygen atoms in total. The van der Waals surface area contributed by atoms with Crippen LogP contribution in [0, 0.1) is 5.92 Å². The van der Waals surface area contributed by atoms with Crippen molar-refractivity contribution in [3.63, 3.8) is 0 Å². The van der Waals surface area contributed by atoms with Gasteiger partial charge in [-0.25, -0.2) is 0 Å². The molecule has 1 amide bonds. The fourth-order valence-corrected chi connectivity index (χ4v) is 5.03. The summed E-state index contributed by atoms with van der Waals surface area (Å²) in [5.74, 6) is 0.711. The molecule has 1 heterocycles. The number of anilines is 1. The Bertz CT molecular complexity index is 714. The molecule has 0 saturated heterocycles. The van der Waals surface area contributed by atoms with Crippen molar-refractivity contribution in [1.29, 1.82) is 0 Å². The number of rotatable bonds is 8. The first kappa shape index (κ1) is 20.1. The van der Waals surface area contributed by atoms with E-state index in [1.165, 1.54) is 55.2 Å². The lowest BCUT2D eigenvalue weighted by atomic mass is 9.96. The van der Waals surface area contributed by atoms with Crippen molar-refractivity contribution in [3.05, 3.63) is 35.9 Å². The smallest absolute Gasteiger partial charge is 0.230 e. The summed E-state index contributed by atoms with van der Waals surface area (Å²) in [6, 6.07) is 10.7. The van der Waals surface area contributed by atoms with Gasteiger partial charge < -0.3 is 10.6 Å². The van der Waals surface area contributed by atoms with Crippen LogP contribution in [0.2, 0.25) is 0 Å². The number of thioether (sulfide) groups is 1. The first-order chi connectivity index (χ1) is 13.1. The molecule has 1 unspecified atom stereocenters. The van der Waals surface area contributed by atoms with Crippen molar-refractivity contribution in [1.82, 2.24) is 15.5 Å². The molecule has 3 rings (SSSR count). The summed E-state index contributed by atoms with van der Waals surface area (Å²) in [7, 11) is 0. The van der Waals surface area contributed by atoms with Crippen molar-refractivity contribution in [3.8, 4) is 0 Å². The Hall–Kier alpha value is -1.60. The molecule has 0 radical (unpaired) electrons. The molecule has 1 aromatic carbocycles. The lowest BCUT2D eigenvalue weighted by molar-refractivity contribution is -0.119. The lowest BCUT2D eigenvalue weighted by Gasteiger charge is -2.22. The first-order valence-corrected chi connectivity index (χ1v) is 11.5.